The molecule has 2 aromatic carbocycles. The molecule has 1 aliphatic heterocycles. The van der Waals surface area contributed by atoms with Crippen molar-refractivity contribution in [3.05, 3.63) is 82.0 Å². The number of thiophene rings is 1. The Morgan fingerprint density at radius 1 is 1.03 bits per heavy atom. The van der Waals surface area contributed by atoms with Crippen LogP contribution in [0.2, 0.25) is 0 Å². The van der Waals surface area contributed by atoms with Gasteiger partial charge in [0.2, 0.25) is 5.91 Å². The molecule has 1 fully saturated rings. The number of alkyl carbamates (subject to hydrolysis) is 1. The van der Waals surface area contributed by atoms with Gasteiger partial charge in [0.25, 0.3) is 0 Å². The first-order valence-corrected chi connectivity index (χ1v) is 12.2. The Morgan fingerprint density at radius 3 is 2.34 bits per heavy atom. The lowest BCUT2D eigenvalue weighted by atomic mass is 9.98. The van der Waals surface area contributed by atoms with E-state index >= 15 is 0 Å². The van der Waals surface area contributed by atoms with Gasteiger partial charge in [0.1, 0.15) is 12.6 Å². The van der Waals surface area contributed by atoms with Gasteiger partial charge in [-0.1, -0.05) is 54.6 Å². The molecule has 0 saturated carbocycles. The molecule has 3 atom stereocenters. The number of carboxylic acid groups (broad SMARTS) is 1. The topological polar surface area (TPSA) is 114 Å². The molecule has 1 unspecified atom stereocenters. The van der Waals surface area contributed by atoms with E-state index in [1.54, 1.807) is 17.5 Å². The van der Waals surface area contributed by atoms with E-state index in [9.17, 15) is 19.5 Å². The summed E-state index contributed by atoms with van der Waals surface area (Å²) in [6, 6.07) is 17.9. The summed E-state index contributed by atoms with van der Waals surface area (Å²) in [5.41, 5.74) is 4.43. The molecule has 5 rings (SSSR count). The van der Waals surface area contributed by atoms with E-state index in [1.807, 2.05) is 36.4 Å². The summed E-state index contributed by atoms with van der Waals surface area (Å²) in [7, 11) is 0. The first kappa shape index (κ1) is 23.1. The van der Waals surface area contributed by atoms with E-state index in [-0.39, 0.29) is 19.1 Å². The fraction of sp³-hybridized carbons (Fsp3) is 0.269. The Labute approximate surface area is 205 Å². The molecule has 2 amide bonds. The summed E-state index contributed by atoms with van der Waals surface area (Å²) in [5, 5.41) is 16.5. The average molecular weight is 493 g/mol. The predicted molar refractivity (Wildman–Crippen MR) is 129 cm³/mol. The Morgan fingerprint density at radius 2 is 1.71 bits per heavy atom. The molecular weight excluding hydrogens is 468 g/mol. The van der Waals surface area contributed by atoms with Crippen molar-refractivity contribution in [3.63, 3.8) is 0 Å². The van der Waals surface area contributed by atoms with Crippen molar-refractivity contribution in [2.24, 2.45) is 0 Å². The number of ether oxygens (including phenoxy) is 2. The molecule has 1 saturated heterocycles. The van der Waals surface area contributed by atoms with Crippen molar-refractivity contribution < 1.29 is 29.0 Å². The molecule has 1 aromatic heterocycles. The normalized spacial score (nSPS) is 19.4. The van der Waals surface area contributed by atoms with Gasteiger partial charge in [-0.3, -0.25) is 4.79 Å². The van der Waals surface area contributed by atoms with Crippen molar-refractivity contribution in [1.29, 1.82) is 0 Å². The van der Waals surface area contributed by atoms with Gasteiger partial charge in [-0.05, 0) is 40.1 Å². The first-order valence-electron chi connectivity index (χ1n) is 11.3. The van der Waals surface area contributed by atoms with Crippen LogP contribution in [0.1, 0.15) is 34.4 Å². The number of carboxylic acids is 1. The summed E-state index contributed by atoms with van der Waals surface area (Å²) in [6.45, 7) is 0.363. The number of carbonyl (C=O) groups is 3. The van der Waals surface area contributed by atoms with Crippen LogP contribution in [-0.2, 0) is 19.1 Å². The smallest absolute Gasteiger partial charge is 0.408 e. The van der Waals surface area contributed by atoms with Gasteiger partial charge in [-0.15, -0.1) is 11.3 Å². The number of aliphatic carboxylic acids is 1. The summed E-state index contributed by atoms with van der Waals surface area (Å²) < 4.78 is 10.8. The number of nitrogens with one attached hydrogen (secondary N) is 2. The Balaban J connectivity index is 1.27. The van der Waals surface area contributed by atoms with Crippen LogP contribution in [0.4, 0.5) is 4.79 Å². The highest BCUT2D eigenvalue weighted by atomic mass is 32.1. The van der Waals surface area contributed by atoms with Crippen LogP contribution < -0.4 is 10.6 Å². The zero-order valence-corrected chi connectivity index (χ0v) is 19.5. The molecule has 0 radical (unpaired) electrons. The minimum Gasteiger partial charge on any atom is -0.479 e. The van der Waals surface area contributed by atoms with E-state index in [2.05, 4.69) is 22.8 Å². The van der Waals surface area contributed by atoms with E-state index in [0.717, 1.165) is 22.3 Å². The molecule has 35 heavy (non-hydrogen) atoms. The maximum absolute atomic E-state index is 13.1. The van der Waals surface area contributed by atoms with Crippen molar-refractivity contribution in [1.82, 2.24) is 10.6 Å². The Hall–Kier alpha value is -3.69. The highest BCUT2D eigenvalue weighted by Gasteiger charge is 2.37. The second kappa shape index (κ2) is 9.89. The van der Waals surface area contributed by atoms with Gasteiger partial charge < -0.3 is 25.2 Å². The average Bonchev–Trinajstić information content (AvgIpc) is 3.61. The largest absolute Gasteiger partial charge is 0.479 e. The lowest BCUT2D eigenvalue weighted by Crippen LogP contribution is -2.48. The van der Waals surface area contributed by atoms with Crippen LogP contribution >= 0.6 is 11.3 Å². The molecular formula is C26H24N2O6S. The molecule has 0 bridgehead atoms. The van der Waals surface area contributed by atoms with Crippen molar-refractivity contribution in [2.75, 3.05) is 13.2 Å². The molecule has 9 heteroatoms. The van der Waals surface area contributed by atoms with Gasteiger partial charge in [-0.2, -0.15) is 0 Å². The Kier molecular flexibility index (Phi) is 6.52. The second-order valence-electron chi connectivity index (χ2n) is 8.45. The quantitative estimate of drug-likeness (QED) is 0.464. The molecule has 2 heterocycles. The van der Waals surface area contributed by atoms with Crippen LogP contribution in [0.5, 0.6) is 0 Å². The minimum atomic E-state index is -1.13. The third-order valence-corrected chi connectivity index (χ3v) is 7.30. The van der Waals surface area contributed by atoms with Crippen LogP contribution in [0, 0.1) is 0 Å². The van der Waals surface area contributed by atoms with Crippen LogP contribution in [-0.4, -0.2) is 48.4 Å². The molecule has 2 aliphatic rings. The van der Waals surface area contributed by atoms with E-state index < -0.39 is 36.2 Å². The van der Waals surface area contributed by atoms with Gasteiger partial charge in [0, 0.05) is 17.4 Å². The zero-order valence-electron chi connectivity index (χ0n) is 18.7. The molecule has 0 spiro atoms. The van der Waals surface area contributed by atoms with Crippen molar-refractivity contribution in [2.45, 2.75) is 30.5 Å². The molecule has 3 aromatic rings. The lowest BCUT2D eigenvalue weighted by Gasteiger charge is -2.22. The number of amides is 2. The monoisotopic (exact) mass is 492 g/mol. The van der Waals surface area contributed by atoms with Crippen molar-refractivity contribution >= 4 is 29.3 Å². The number of hydrogen-bond acceptors (Lipinski definition) is 6. The van der Waals surface area contributed by atoms with Crippen LogP contribution in [0.3, 0.4) is 0 Å². The Bertz CT molecular complexity index is 1200. The van der Waals surface area contributed by atoms with Gasteiger partial charge in [0.15, 0.2) is 6.10 Å². The fourth-order valence-electron chi connectivity index (χ4n) is 4.73. The molecule has 1 aliphatic carbocycles. The predicted octanol–water partition coefficient (Wildman–Crippen LogP) is 3.69. The summed E-state index contributed by atoms with van der Waals surface area (Å²) in [6.07, 6.45) is -1.46. The summed E-state index contributed by atoms with van der Waals surface area (Å²) >= 11 is 1.31. The number of fused-ring (bicyclic) bond motifs is 3. The molecule has 3 N–H and O–H groups in total. The number of rotatable bonds is 7. The number of hydrogen-bond donors (Lipinski definition) is 3. The molecule has 180 valence electrons. The minimum absolute atomic E-state index is 0.103. The maximum Gasteiger partial charge on any atom is 0.408 e. The highest BCUT2D eigenvalue weighted by molar-refractivity contribution is 7.10. The third-order valence-electron chi connectivity index (χ3n) is 6.36. The number of benzene rings is 2. The molecule has 8 nitrogen and oxygen atoms in total. The third kappa shape index (κ3) is 4.65. The van der Waals surface area contributed by atoms with E-state index in [0.29, 0.717) is 11.3 Å². The standard InChI is InChI=1S/C26H24N2O6S/c29-24(27-20-11-12-33-23(20)25(30)31)22(21-10-5-13-35-21)28-26(32)34-14-19-17-8-3-1-6-15(17)16-7-2-4-9-18(16)19/h1-10,13,19-20,22-23H,11-12,14H2,(H,27,29)(H,28,32)(H,30,31)/t20-,22?,23+/m0/s1. The number of carbonyl (C=O) groups excluding carboxylic acids is 2. The van der Waals surface area contributed by atoms with Crippen LogP contribution in [0.15, 0.2) is 66.0 Å². The van der Waals surface area contributed by atoms with Gasteiger partial charge in [0.05, 0.1) is 6.04 Å². The van der Waals surface area contributed by atoms with E-state index in [1.165, 1.54) is 11.3 Å². The lowest BCUT2D eigenvalue weighted by molar-refractivity contribution is -0.148. The second-order valence-corrected chi connectivity index (χ2v) is 9.43. The first-order chi connectivity index (χ1) is 17.0. The fourth-order valence-corrected chi connectivity index (χ4v) is 5.50. The highest BCUT2D eigenvalue weighted by Crippen LogP contribution is 2.44. The van der Waals surface area contributed by atoms with Crippen molar-refractivity contribution in [3.8, 4) is 11.1 Å². The zero-order chi connectivity index (χ0) is 24.4. The SMILES string of the molecule is O=C(NC(C(=O)N[C@H]1CCO[C@H]1C(=O)O)c1cccs1)OCC1c2ccccc2-c2ccccc21. The summed E-state index contributed by atoms with van der Waals surface area (Å²) in [5.74, 6) is -1.75. The summed E-state index contributed by atoms with van der Waals surface area (Å²) in [4.78, 5) is 37.9. The van der Waals surface area contributed by atoms with Gasteiger partial charge in [-0.25, -0.2) is 9.59 Å². The van der Waals surface area contributed by atoms with E-state index in [4.69, 9.17) is 9.47 Å². The van der Waals surface area contributed by atoms with Crippen LogP contribution in [0.25, 0.3) is 11.1 Å². The van der Waals surface area contributed by atoms with Gasteiger partial charge >= 0.3 is 12.1 Å². The maximum atomic E-state index is 13.1.